The van der Waals surface area contributed by atoms with Crippen LogP contribution in [0.4, 0.5) is 5.69 Å². The van der Waals surface area contributed by atoms with E-state index in [0.29, 0.717) is 17.7 Å². The van der Waals surface area contributed by atoms with Crippen LogP contribution in [0, 0.1) is 0 Å². The molecule has 2 aromatic carbocycles. The van der Waals surface area contributed by atoms with Crippen molar-refractivity contribution in [2.24, 2.45) is 0 Å². The Kier molecular flexibility index (Phi) is 7.11. The zero-order valence-corrected chi connectivity index (χ0v) is 15.9. The van der Waals surface area contributed by atoms with E-state index in [1.54, 1.807) is 55.6 Å². The van der Waals surface area contributed by atoms with Crippen LogP contribution >= 0.6 is 0 Å². The van der Waals surface area contributed by atoms with E-state index in [1.807, 2.05) is 19.9 Å². The molecule has 0 aliphatic rings. The number of amides is 3. The summed E-state index contributed by atoms with van der Waals surface area (Å²) >= 11 is 0. The zero-order valence-electron chi connectivity index (χ0n) is 15.9. The normalized spacial score (nSPS) is 10.4. The summed E-state index contributed by atoms with van der Waals surface area (Å²) in [6.07, 6.45) is 0.292. The monoisotopic (exact) mass is 367 g/mol. The van der Waals surface area contributed by atoms with Gasteiger partial charge in [-0.05, 0) is 43.7 Å². The van der Waals surface area contributed by atoms with Gasteiger partial charge in [0.2, 0.25) is 11.8 Å². The van der Waals surface area contributed by atoms with E-state index in [4.69, 9.17) is 0 Å². The maximum atomic E-state index is 12.3. The highest BCUT2D eigenvalue weighted by molar-refractivity contribution is 5.99. The molecule has 0 fully saturated rings. The molecule has 6 heteroatoms. The Bertz CT molecular complexity index is 786. The van der Waals surface area contributed by atoms with Crippen LogP contribution in [-0.2, 0) is 16.0 Å². The lowest BCUT2D eigenvalue weighted by Crippen LogP contribution is -2.34. The molecular formula is C21H25N3O3. The number of carbonyl (C=O) groups excluding carboxylic acids is 3. The van der Waals surface area contributed by atoms with Crippen LogP contribution in [-0.4, -0.2) is 42.3 Å². The molecule has 2 aromatic rings. The molecule has 0 atom stereocenters. The van der Waals surface area contributed by atoms with Crippen LogP contribution in [0.3, 0.4) is 0 Å². The molecular weight excluding hydrogens is 342 g/mol. The van der Waals surface area contributed by atoms with Crippen molar-refractivity contribution in [3.05, 3.63) is 65.7 Å². The maximum Gasteiger partial charge on any atom is 0.254 e. The number of benzene rings is 2. The Morgan fingerprint density at radius 1 is 0.926 bits per heavy atom. The molecule has 0 bridgehead atoms. The van der Waals surface area contributed by atoms with Gasteiger partial charge >= 0.3 is 0 Å². The fourth-order valence-electron chi connectivity index (χ4n) is 2.55. The average Bonchev–Trinajstić information content (AvgIpc) is 2.62. The molecule has 2 N–H and O–H groups in total. The number of nitrogens with one attached hydrogen (secondary N) is 2. The number of hydrogen-bond acceptors (Lipinski definition) is 3. The van der Waals surface area contributed by atoms with Crippen LogP contribution in [0.15, 0.2) is 54.6 Å². The van der Waals surface area contributed by atoms with E-state index in [9.17, 15) is 14.4 Å². The second-order valence-electron chi connectivity index (χ2n) is 6.67. The lowest BCUT2D eigenvalue weighted by atomic mass is 10.1. The molecule has 0 saturated carbocycles. The number of hydrogen-bond donors (Lipinski definition) is 2. The predicted molar refractivity (Wildman–Crippen MR) is 105 cm³/mol. The third-order valence-electron chi connectivity index (χ3n) is 3.80. The summed E-state index contributed by atoms with van der Waals surface area (Å²) in [7, 11) is 1.59. The maximum absolute atomic E-state index is 12.3. The molecule has 0 saturated heterocycles. The molecule has 0 aromatic heterocycles. The summed E-state index contributed by atoms with van der Waals surface area (Å²) in [5, 5.41) is 5.60. The molecule has 0 unspecified atom stereocenters. The van der Waals surface area contributed by atoms with Crippen molar-refractivity contribution >= 4 is 23.4 Å². The summed E-state index contributed by atoms with van der Waals surface area (Å²) in [5.74, 6) is -0.535. The van der Waals surface area contributed by atoms with Crippen molar-refractivity contribution in [3.63, 3.8) is 0 Å². The number of likely N-dealkylation sites (N-methyl/N-ethyl adjacent to an activating group) is 1. The van der Waals surface area contributed by atoms with Gasteiger partial charge < -0.3 is 15.5 Å². The summed E-state index contributed by atoms with van der Waals surface area (Å²) in [4.78, 5) is 37.6. The van der Waals surface area contributed by atoms with Gasteiger partial charge in [-0.15, -0.1) is 0 Å². The summed E-state index contributed by atoms with van der Waals surface area (Å²) < 4.78 is 0. The first-order chi connectivity index (χ1) is 12.8. The topological polar surface area (TPSA) is 78.5 Å². The smallest absolute Gasteiger partial charge is 0.254 e. The molecule has 27 heavy (non-hydrogen) atoms. The van der Waals surface area contributed by atoms with Crippen LogP contribution in [0.1, 0.15) is 29.8 Å². The van der Waals surface area contributed by atoms with Crippen molar-refractivity contribution in [2.75, 3.05) is 18.9 Å². The Balaban J connectivity index is 1.86. The lowest BCUT2D eigenvalue weighted by Gasteiger charge is -2.17. The van der Waals surface area contributed by atoms with Crippen LogP contribution < -0.4 is 10.6 Å². The molecule has 6 nitrogen and oxygen atoms in total. The Morgan fingerprint density at radius 2 is 1.56 bits per heavy atom. The van der Waals surface area contributed by atoms with Crippen LogP contribution in [0.25, 0.3) is 0 Å². The van der Waals surface area contributed by atoms with E-state index in [2.05, 4.69) is 10.6 Å². The first-order valence-corrected chi connectivity index (χ1v) is 8.84. The third kappa shape index (κ3) is 6.58. The quantitative estimate of drug-likeness (QED) is 0.789. The Hall–Kier alpha value is -3.15. The lowest BCUT2D eigenvalue weighted by molar-refractivity contribution is -0.121. The largest absolute Gasteiger partial charge is 0.354 e. The average molecular weight is 367 g/mol. The number of anilines is 1. The Morgan fingerprint density at radius 3 is 2.15 bits per heavy atom. The number of nitrogens with zero attached hydrogens (tertiary/aromatic N) is 1. The molecule has 0 heterocycles. The van der Waals surface area contributed by atoms with E-state index >= 15 is 0 Å². The van der Waals surface area contributed by atoms with Crippen molar-refractivity contribution in [2.45, 2.75) is 26.3 Å². The molecule has 0 aliphatic carbocycles. The van der Waals surface area contributed by atoms with E-state index in [0.717, 1.165) is 5.56 Å². The predicted octanol–water partition coefficient (Wildman–Crippen LogP) is 2.46. The first kappa shape index (κ1) is 20.2. The standard InChI is InChI=1S/C21H25N3O3/c1-15(2)22-19(25)13-16-9-11-18(12-10-16)23-20(26)14-24(3)21(27)17-7-5-4-6-8-17/h4-12,15H,13-14H2,1-3H3,(H,22,25)(H,23,26). The van der Waals surface area contributed by atoms with Gasteiger partial charge in [-0.2, -0.15) is 0 Å². The first-order valence-electron chi connectivity index (χ1n) is 8.84. The summed E-state index contributed by atoms with van der Waals surface area (Å²) in [6, 6.07) is 16.0. The SMILES string of the molecule is CC(C)NC(=O)Cc1ccc(NC(=O)CN(C)C(=O)c2ccccc2)cc1. The second-order valence-corrected chi connectivity index (χ2v) is 6.67. The highest BCUT2D eigenvalue weighted by Crippen LogP contribution is 2.11. The van der Waals surface area contributed by atoms with Crippen molar-refractivity contribution in [1.29, 1.82) is 0 Å². The fourth-order valence-corrected chi connectivity index (χ4v) is 2.55. The molecule has 3 amide bonds. The van der Waals surface area contributed by atoms with Gasteiger partial charge in [0, 0.05) is 24.3 Å². The zero-order chi connectivity index (χ0) is 19.8. The molecule has 0 aliphatic heterocycles. The van der Waals surface area contributed by atoms with Gasteiger partial charge in [-0.25, -0.2) is 0 Å². The van der Waals surface area contributed by atoms with Crippen molar-refractivity contribution in [3.8, 4) is 0 Å². The second kappa shape index (κ2) is 9.52. The van der Waals surface area contributed by atoms with Crippen LogP contribution in [0.2, 0.25) is 0 Å². The minimum Gasteiger partial charge on any atom is -0.354 e. The minimum absolute atomic E-state index is 0.0390. The number of rotatable bonds is 7. The summed E-state index contributed by atoms with van der Waals surface area (Å²) in [6.45, 7) is 3.78. The van der Waals surface area contributed by atoms with Crippen molar-refractivity contribution < 1.29 is 14.4 Å². The molecule has 142 valence electrons. The number of carbonyl (C=O) groups is 3. The fraction of sp³-hybridized carbons (Fsp3) is 0.286. The summed E-state index contributed by atoms with van der Waals surface area (Å²) in [5.41, 5.74) is 2.02. The molecule has 2 rings (SSSR count). The van der Waals surface area contributed by atoms with Gasteiger partial charge in [0.15, 0.2) is 0 Å². The van der Waals surface area contributed by atoms with Gasteiger partial charge in [-0.1, -0.05) is 30.3 Å². The van der Waals surface area contributed by atoms with Gasteiger partial charge in [0.25, 0.3) is 5.91 Å². The molecule has 0 radical (unpaired) electrons. The van der Waals surface area contributed by atoms with Gasteiger partial charge in [-0.3, -0.25) is 14.4 Å². The van der Waals surface area contributed by atoms with E-state index < -0.39 is 0 Å². The van der Waals surface area contributed by atoms with Crippen molar-refractivity contribution in [1.82, 2.24) is 10.2 Å². The highest BCUT2D eigenvalue weighted by atomic mass is 16.2. The van der Waals surface area contributed by atoms with Gasteiger partial charge in [0.1, 0.15) is 0 Å². The van der Waals surface area contributed by atoms with Crippen LogP contribution in [0.5, 0.6) is 0 Å². The van der Waals surface area contributed by atoms with Gasteiger partial charge in [0.05, 0.1) is 13.0 Å². The third-order valence-corrected chi connectivity index (χ3v) is 3.80. The highest BCUT2D eigenvalue weighted by Gasteiger charge is 2.14. The minimum atomic E-state index is -0.285. The van der Waals surface area contributed by atoms with E-state index in [-0.39, 0.29) is 30.3 Å². The Labute approximate surface area is 159 Å². The molecule has 0 spiro atoms. The van der Waals surface area contributed by atoms with E-state index in [1.165, 1.54) is 4.90 Å².